The van der Waals surface area contributed by atoms with Gasteiger partial charge in [-0.2, -0.15) is 0 Å². The first kappa shape index (κ1) is 24.9. The summed E-state index contributed by atoms with van der Waals surface area (Å²) in [6.45, 7) is 5.44. The molecule has 4 rings (SSSR count). The predicted octanol–water partition coefficient (Wildman–Crippen LogP) is 3.38. The molecule has 6 nitrogen and oxygen atoms in total. The lowest BCUT2D eigenvalue weighted by molar-refractivity contribution is -0.133. The Bertz CT molecular complexity index is 1380. The molecule has 2 aromatic carbocycles. The number of carbonyl (C=O) groups is 2. The second-order valence-corrected chi connectivity index (χ2v) is 10.5. The Morgan fingerprint density at radius 2 is 1.74 bits per heavy atom. The number of hydrogen-bond acceptors (Lipinski definition) is 4. The minimum atomic E-state index is -0.360. The third-order valence-electron chi connectivity index (χ3n) is 6.11. The lowest BCUT2D eigenvalue weighted by atomic mass is 9.99. The van der Waals surface area contributed by atoms with Gasteiger partial charge in [0.25, 0.3) is 11.5 Å². The maximum absolute atomic E-state index is 13.3. The van der Waals surface area contributed by atoms with E-state index < -0.39 is 0 Å². The molecule has 0 bridgehead atoms. The summed E-state index contributed by atoms with van der Waals surface area (Å²) in [4.78, 5) is 40.9. The summed E-state index contributed by atoms with van der Waals surface area (Å²) in [5.41, 5.74) is 2.27. The predicted molar refractivity (Wildman–Crippen MR) is 142 cm³/mol. The highest BCUT2D eigenvalue weighted by molar-refractivity contribution is 7.07. The summed E-state index contributed by atoms with van der Waals surface area (Å²) >= 11 is 7.17. The number of nitrogens with zero attached hydrogens (tertiary/aromatic N) is 2. The molecule has 3 aromatic rings. The summed E-state index contributed by atoms with van der Waals surface area (Å²) in [7, 11) is 0. The molecular formula is C27H28ClN3O3S. The number of nitrogens with one attached hydrogen (secondary N) is 1. The number of thiazole rings is 1. The molecule has 2 amide bonds. The summed E-state index contributed by atoms with van der Waals surface area (Å²) in [5, 5.41) is 3.43. The normalized spacial score (nSPS) is 15.5. The highest BCUT2D eigenvalue weighted by Crippen LogP contribution is 2.16. The van der Waals surface area contributed by atoms with Gasteiger partial charge in [-0.3, -0.25) is 19.0 Å². The van der Waals surface area contributed by atoms with Crippen LogP contribution in [0.25, 0.3) is 12.2 Å². The van der Waals surface area contributed by atoms with Crippen LogP contribution in [0.2, 0.25) is 5.02 Å². The molecule has 1 aliphatic rings. The Hall–Kier alpha value is -3.16. The molecule has 1 saturated heterocycles. The fraction of sp³-hybridized carbons (Fsp3) is 0.296. The van der Waals surface area contributed by atoms with Gasteiger partial charge in [-0.15, -0.1) is 11.3 Å². The van der Waals surface area contributed by atoms with E-state index in [-0.39, 0.29) is 23.9 Å². The van der Waals surface area contributed by atoms with Crippen molar-refractivity contribution < 1.29 is 9.59 Å². The Labute approximate surface area is 213 Å². The SMILES string of the molecule is Cc1ccc(NC(=O)/C=c2\s/c(=C/c3ccc(Cl)cc3)c(=O)n2CC(=O)N2CCC(C)CC2)cc1. The molecule has 1 fully saturated rings. The minimum absolute atomic E-state index is 0.0954. The first-order valence-corrected chi connectivity index (χ1v) is 12.8. The third kappa shape index (κ3) is 6.50. The van der Waals surface area contributed by atoms with Crippen LogP contribution < -0.4 is 20.1 Å². The van der Waals surface area contributed by atoms with Crippen molar-refractivity contribution in [3.8, 4) is 0 Å². The van der Waals surface area contributed by atoms with Crippen LogP contribution in [0.5, 0.6) is 0 Å². The standard InChI is InChI=1S/C27H28ClN3O3S/c1-18-3-9-22(10-4-18)29-24(32)16-26-31(17-25(33)30-13-11-19(2)12-14-30)27(34)23(35-26)15-20-5-7-21(28)8-6-20/h3-10,15-16,19H,11-14,17H2,1-2H3,(H,29,32)/b23-15+,26-16-. The topological polar surface area (TPSA) is 71.4 Å². The molecular weight excluding hydrogens is 482 g/mol. The van der Waals surface area contributed by atoms with E-state index in [1.165, 1.54) is 22.0 Å². The molecule has 1 aromatic heterocycles. The van der Waals surface area contributed by atoms with Gasteiger partial charge < -0.3 is 10.2 Å². The molecule has 1 N–H and O–H groups in total. The number of carbonyl (C=O) groups excluding carboxylic acids is 2. The van der Waals surface area contributed by atoms with Gasteiger partial charge in [0, 0.05) is 29.9 Å². The number of likely N-dealkylation sites (tertiary alicyclic amines) is 1. The van der Waals surface area contributed by atoms with Crippen molar-refractivity contribution in [2.75, 3.05) is 18.4 Å². The van der Waals surface area contributed by atoms with Crippen LogP contribution >= 0.6 is 22.9 Å². The number of benzene rings is 2. The van der Waals surface area contributed by atoms with Crippen LogP contribution in [0.3, 0.4) is 0 Å². The number of rotatable bonds is 5. The quantitative estimate of drug-likeness (QED) is 0.573. The lowest BCUT2D eigenvalue weighted by Gasteiger charge is -2.30. The third-order valence-corrected chi connectivity index (χ3v) is 7.42. The second kappa shape index (κ2) is 11.1. The van der Waals surface area contributed by atoms with Crippen LogP contribution in [-0.4, -0.2) is 34.4 Å². The number of aryl methyl sites for hydroxylation is 1. The first-order valence-electron chi connectivity index (χ1n) is 11.6. The van der Waals surface area contributed by atoms with E-state index in [1.807, 2.05) is 48.2 Å². The number of amides is 2. The first-order chi connectivity index (χ1) is 16.8. The Morgan fingerprint density at radius 1 is 1.09 bits per heavy atom. The molecule has 0 atom stereocenters. The highest BCUT2D eigenvalue weighted by atomic mass is 35.5. The Kier molecular flexibility index (Phi) is 7.88. The number of anilines is 1. The van der Waals surface area contributed by atoms with E-state index in [0.717, 1.165) is 24.0 Å². The van der Waals surface area contributed by atoms with Crippen molar-refractivity contribution in [2.45, 2.75) is 33.2 Å². The average molecular weight is 510 g/mol. The van der Waals surface area contributed by atoms with Crippen molar-refractivity contribution in [1.82, 2.24) is 9.47 Å². The van der Waals surface area contributed by atoms with Crippen molar-refractivity contribution in [3.05, 3.63) is 84.2 Å². The fourth-order valence-corrected chi connectivity index (χ4v) is 5.09. The molecule has 182 valence electrons. The zero-order chi connectivity index (χ0) is 24.9. The van der Waals surface area contributed by atoms with E-state index >= 15 is 0 Å². The van der Waals surface area contributed by atoms with Gasteiger partial charge in [-0.25, -0.2) is 0 Å². The Morgan fingerprint density at radius 3 is 2.40 bits per heavy atom. The summed E-state index contributed by atoms with van der Waals surface area (Å²) in [6.07, 6.45) is 5.05. The van der Waals surface area contributed by atoms with Gasteiger partial charge in [0.05, 0.1) is 4.53 Å². The second-order valence-electron chi connectivity index (χ2n) is 8.95. The monoisotopic (exact) mass is 509 g/mol. The van der Waals surface area contributed by atoms with Crippen molar-refractivity contribution in [1.29, 1.82) is 0 Å². The van der Waals surface area contributed by atoms with Crippen LogP contribution in [0, 0.1) is 12.8 Å². The van der Waals surface area contributed by atoms with Crippen LogP contribution in [0.1, 0.15) is 30.9 Å². The van der Waals surface area contributed by atoms with E-state index in [0.29, 0.717) is 38.9 Å². The highest BCUT2D eigenvalue weighted by Gasteiger charge is 2.21. The molecule has 35 heavy (non-hydrogen) atoms. The molecule has 0 spiro atoms. The average Bonchev–Trinajstić information content (AvgIpc) is 3.11. The van der Waals surface area contributed by atoms with Crippen molar-refractivity contribution >= 4 is 52.6 Å². The largest absolute Gasteiger partial charge is 0.341 e. The van der Waals surface area contributed by atoms with E-state index in [4.69, 9.17) is 11.6 Å². The molecule has 2 heterocycles. The lowest BCUT2D eigenvalue weighted by Crippen LogP contribution is -2.43. The van der Waals surface area contributed by atoms with E-state index in [2.05, 4.69) is 12.2 Å². The van der Waals surface area contributed by atoms with E-state index in [9.17, 15) is 14.4 Å². The summed E-state index contributed by atoms with van der Waals surface area (Å²) < 4.78 is 2.28. The van der Waals surface area contributed by atoms with Crippen LogP contribution in [-0.2, 0) is 16.1 Å². The molecule has 0 radical (unpaired) electrons. The molecule has 8 heteroatoms. The van der Waals surface area contributed by atoms with Gasteiger partial charge >= 0.3 is 0 Å². The molecule has 1 aliphatic heterocycles. The zero-order valence-electron chi connectivity index (χ0n) is 19.8. The Balaban J connectivity index is 1.68. The molecule has 0 unspecified atom stereocenters. The fourth-order valence-electron chi connectivity index (χ4n) is 3.92. The summed E-state index contributed by atoms with van der Waals surface area (Å²) in [5.74, 6) is 0.127. The van der Waals surface area contributed by atoms with Gasteiger partial charge in [0.2, 0.25) is 5.91 Å². The van der Waals surface area contributed by atoms with Crippen LogP contribution in [0.15, 0.2) is 53.3 Å². The minimum Gasteiger partial charge on any atom is -0.341 e. The number of halogens is 1. The molecule has 0 saturated carbocycles. The number of hydrogen-bond donors (Lipinski definition) is 1. The van der Waals surface area contributed by atoms with Crippen molar-refractivity contribution in [2.24, 2.45) is 5.92 Å². The number of piperidine rings is 1. The van der Waals surface area contributed by atoms with Crippen molar-refractivity contribution in [3.63, 3.8) is 0 Å². The smallest absolute Gasteiger partial charge is 0.269 e. The zero-order valence-corrected chi connectivity index (χ0v) is 21.4. The molecule has 0 aliphatic carbocycles. The van der Waals surface area contributed by atoms with Gasteiger partial charge in [0.15, 0.2) is 0 Å². The summed E-state index contributed by atoms with van der Waals surface area (Å²) in [6, 6.07) is 14.6. The van der Waals surface area contributed by atoms with Gasteiger partial charge in [-0.1, -0.05) is 48.4 Å². The van der Waals surface area contributed by atoms with Gasteiger partial charge in [0.1, 0.15) is 11.2 Å². The van der Waals surface area contributed by atoms with Crippen LogP contribution in [0.4, 0.5) is 5.69 Å². The maximum atomic E-state index is 13.3. The number of aromatic nitrogens is 1. The van der Waals surface area contributed by atoms with E-state index in [1.54, 1.807) is 18.2 Å². The van der Waals surface area contributed by atoms with Gasteiger partial charge in [-0.05, 0) is 61.6 Å². The maximum Gasteiger partial charge on any atom is 0.269 e.